The van der Waals surface area contributed by atoms with Gasteiger partial charge in [-0.15, -0.1) is 0 Å². The number of nitrogens with two attached hydrogens (primary N) is 1. The van der Waals surface area contributed by atoms with E-state index in [1.165, 1.54) is 0 Å². The van der Waals surface area contributed by atoms with E-state index >= 15 is 0 Å². The monoisotopic (exact) mass is 278 g/mol. The van der Waals surface area contributed by atoms with Gasteiger partial charge < -0.3 is 5.73 Å². The van der Waals surface area contributed by atoms with Crippen molar-refractivity contribution in [1.29, 1.82) is 0 Å². The van der Waals surface area contributed by atoms with Crippen molar-refractivity contribution in [3.05, 3.63) is 52.8 Å². The van der Waals surface area contributed by atoms with Crippen molar-refractivity contribution in [2.75, 3.05) is 0 Å². The van der Waals surface area contributed by atoms with Gasteiger partial charge in [-0.25, -0.2) is 4.98 Å². The summed E-state index contributed by atoms with van der Waals surface area (Å²) in [6.07, 6.45) is 7.60. The van der Waals surface area contributed by atoms with Gasteiger partial charge in [-0.05, 0) is 40.0 Å². The van der Waals surface area contributed by atoms with Crippen LogP contribution in [0.1, 0.15) is 17.3 Å². The Morgan fingerprint density at radius 3 is 2.56 bits per heavy atom. The van der Waals surface area contributed by atoms with Crippen LogP contribution in [0.5, 0.6) is 0 Å². The van der Waals surface area contributed by atoms with E-state index in [4.69, 9.17) is 5.73 Å². The van der Waals surface area contributed by atoms with Crippen molar-refractivity contribution in [3.8, 4) is 0 Å². The number of aromatic nitrogens is 3. The van der Waals surface area contributed by atoms with Gasteiger partial charge in [-0.3, -0.25) is 9.97 Å². The molecule has 0 aliphatic heterocycles. The molecule has 82 valence electrons. The third-order valence-electron chi connectivity index (χ3n) is 2.23. The molecule has 5 heteroatoms. The number of halogens is 1. The Kier molecular flexibility index (Phi) is 3.58. The Morgan fingerprint density at radius 1 is 1.19 bits per heavy atom. The van der Waals surface area contributed by atoms with Crippen LogP contribution in [0.25, 0.3) is 0 Å². The van der Waals surface area contributed by atoms with Crippen LogP contribution in [0.2, 0.25) is 0 Å². The molecule has 0 bridgehead atoms. The van der Waals surface area contributed by atoms with Crippen LogP contribution in [0.3, 0.4) is 0 Å². The molecule has 0 fully saturated rings. The third kappa shape index (κ3) is 2.84. The zero-order valence-electron chi connectivity index (χ0n) is 8.55. The fraction of sp³-hybridized carbons (Fsp3) is 0.182. The predicted molar refractivity (Wildman–Crippen MR) is 64.6 cm³/mol. The first-order chi connectivity index (χ1) is 7.75. The van der Waals surface area contributed by atoms with Crippen LogP contribution in [0.4, 0.5) is 0 Å². The molecule has 0 amide bonds. The summed E-state index contributed by atoms with van der Waals surface area (Å²) in [4.78, 5) is 12.3. The average Bonchev–Trinajstić information content (AvgIpc) is 2.31. The number of hydrogen-bond acceptors (Lipinski definition) is 4. The molecule has 0 radical (unpaired) electrons. The highest BCUT2D eigenvalue weighted by atomic mass is 79.9. The fourth-order valence-electron chi connectivity index (χ4n) is 1.39. The van der Waals surface area contributed by atoms with Gasteiger partial charge in [0, 0.05) is 12.4 Å². The molecule has 1 atom stereocenters. The molecular formula is C11H11BrN4. The second-order valence-corrected chi connectivity index (χ2v) is 4.24. The predicted octanol–water partition coefficient (Wildman–Crippen LogP) is 1.88. The summed E-state index contributed by atoms with van der Waals surface area (Å²) >= 11 is 3.24. The maximum Gasteiger partial charge on any atom is 0.124 e. The van der Waals surface area contributed by atoms with Crippen LogP contribution in [-0.4, -0.2) is 15.0 Å². The highest BCUT2D eigenvalue weighted by Crippen LogP contribution is 2.13. The van der Waals surface area contributed by atoms with Crippen LogP contribution in [0, 0.1) is 0 Å². The molecular weight excluding hydrogens is 268 g/mol. The number of nitrogens with zero attached hydrogens (tertiary/aromatic N) is 3. The van der Waals surface area contributed by atoms with E-state index in [0.717, 1.165) is 17.7 Å². The minimum absolute atomic E-state index is 0.136. The Bertz CT molecular complexity index is 443. The second-order valence-electron chi connectivity index (χ2n) is 3.43. The lowest BCUT2D eigenvalue weighted by atomic mass is 10.1. The first-order valence-corrected chi connectivity index (χ1v) is 5.67. The Labute approximate surface area is 102 Å². The van der Waals surface area contributed by atoms with Crippen LogP contribution >= 0.6 is 15.9 Å². The zero-order valence-corrected chi connectivity index (χ0v) is 10.1. The minimum atomic E-state index is -0.136. The fourth-order valence-corrected chi connectivity index (χ4v) is 1.60. The van der Waals surface area contributed by atoms with Crippen molar-refractivity contribution in [3.63, 3.8) is 0 Å². The van der Waals surface area contributed by atoms with E-state index in [1.54, 1.807) is 24.8 Å². The molecule has 2 heterocycles. The molecule has 2 aromatic rings. The summed E-state index contributed by atoms with van der Waals surface area (Å²) in [5, 5.41) is 0. The molecule has 0 aromatic carbocycles. The van der Waals surface area contributed by atoms with E-state index < -0.39 is 0 Å². The van der Waals surface area contributed by atoms with Gasteiger partial charge in [0.15, 0.2) is 0 Å². The van der Waals surface area contributed by atoms with Gasteiger partial charge >= 0.3 is 0 Å². The first-order valence-electron chi connectivity index (χ1n) is 4.87. The number of rotatable bonds is 3. The average molecular weight is 279 g/mol. The maximum absolute atomic E-state index is 6.04. The topological polar surface area (TPSA) is 64.7 Å². The largest absolute Gasteiger partial charge is 0.322 e. The van der Waals surface area contributed by atoms with Crippen molar-refractivity contribution in [2.45, 2.75) is 12.5 Å². The summed E-state index contributed by atoms with van der Waals surface area (Å²) in [5.41, 5.74) is 7.98. The lowest BCUT2D eigenvalue weighted by molar-refractivity contribution is 0.689. The summed E-state index contributed by atoms with van der Waals surface area (Å²) in [6, 6.07) is 3.76. The molecule has 1 unspecified atom stereocenters. The molecule has 16 heavy (non-hydrogen) atoms. The molecule has 2 rings (SSSR count). The molecule has 0 aliphatic rings. The molecule has 0 saturated heterocycles. The smallest absolute Gasteiger partial charge is 0.124 e. The van der Waals surface area contributed by atoms with Crippen molar-refractivity contribution in [2.24, 2.45) is 5.73 Å². The molecule has 0 spiro atoms. The first kappa shape index (κ1) is 11.2. The van der Waals surface area contributed by atoms with Crippen molar-refractivity contribution in [1.82, 2.24) is 15.0 Å². The second kappa shape index (κ2) is 5.14. The molecule has 0 saturated carbocycles. The zero-order chi connectivity index (χ0) is 11.4. The number of hydrogen-bond donors (Lipinski definition) is 1. The standard InChI is InChI=1S/C11H11BrN4/c12-11-7-15-10(6-16-11)9(13)5-8-1-3-14-4-2-8/h1-4,6-7,9H,5,13H2. The number of pyridine rings is 1. The SMILES string of the molecule is NC(Cc1ccncc1)c1cnc(Br)cn1. The van der Waals surface area contributed by atoms with Gasteiger partial charge in [0.05, 0.1) is 24.1 Å². The molecule has 4 nitrogen and oxygen atoms in total. The highest BCUT2D eigenvalue weighted by Gasteiger charge is 2.08. The van der Waals surface area contributed by atoms with Crippen molar-refractivity contribution < 1.29 is 0 Å². The summed E-state index contributed by atoms with van der Waals surface area (Å²) in [7, 11) is 0. The van der Waals surface area contributed by atoms with Gasteiger partial charge in [0.1, 0.15) is 4.60 Å². The van der Waals surface area contributed by atoms with E-state index in [-0.39, 0.29) is 6.04 Å². The van der Waals surface area contributed by atoms with Crippen LogP contribution in [0.15, 0.2) is 41.5 Å². The Hall–Kier alpha value is -1.33. The van der Waals surface area contributed by atoms with E-state index in [9.17, 15) is 0 Å². The lowest BCUT2D eigenvalue weighted by Gasteiger charge is -2.10. The minimum Gasteiger partial charge on any atom is -0.322 e. The van der Waals surface area contributed by atoms with E-state index in [0.29, 0.717) is 4.60 Å². The van der Waals surface area contributed by atoms with Gasteiger partial charge in [-0.2, -0.15) is 0 Å². The Balaban J connectivity index is 2.09. The quantitative estimate of drug-likeness (QED) is 0.931. The normalized spacial score (nSPS) is 12.4. The highest BCUT2D eigenvalue weighted by molar-refractivity contribution is 9.10. The third-order valence-corrected chi connectivity index (χ3v) is 2.63. The molecule has 2 aromatic heterocycles. The van der Waals surface area contributed by atoms with Crippen LogP contribution in [-0.2, 0) is 6.42 Å². The van der Waals surface area contributed by atoms with Crippen molar-refractivity contribution >= 4 is 15.9 Å². The summed E-state index contributed by atoms with van der Waals surface area (Å²) in [6.45, 7) is 0. The van der Waals surface area contributed by atoms with Gasteiger partial charge in [-0.1, -0.05) is 0 Å². The van der Waals surface area contributed by atoms with Gasteiger partial charge in [0.25, 0.3) is 0 Å². The maximum atomic E-state index is 6.04. The lowest BCUT2D eigenvalue weighted by Crippen LogP contribution is -2.15. The summed E-state index contributed by atoms with van der Waals surface area (Å²) < 4.78 is 0.715. The summed E-state index contributed by atoms with van der Waals surface area (Å²) in [5.74, 6) is 0. The Morgan fingerprint density at radius 2 is 1.94 bits per heavy atom. The van der Waals surface area contributed by atoms with Crippen LogP contribution < -0.4 is 5.73 Å². The van der Waals surface area contributed by atoms with E-state index in [2.05, 4.69) is 30.9 Å². The van der Waals surface area contributed by atoms with Gasteiger partial charge in [0.2, 0.25) is 0 Å². The molecule has 0 aliphatic carbocycles. The van der Waals surface area contributed by atoms with E-state index in [1.807, 2.05) is 12.1 Å². The molecule has 2 N–H and O–H groups in total.